The third-order valence-corrected chi connectivity index (χ3v) is 7.70. The zero-order valence-electron chi connectivity index (χ0n) is 15.4. The zero-order chi connectivity index (χ0) is 19.5. The molecule has 0 fully saturated rings. The summed E-state index contributed by atoms with van der Waals surface area (Å²) in [7, 11) is 0. The number of carbonyl (C=O) groups excluding carboxylic acids is 2. The summed E-state index contributed by atoms with van der Waals surface area (Å²) in [6.45, 7) is 2.00. The van der Waals surface area contributed by atoms with Crippen LogP contribution in [0.15, 0.2) is 34.1 Å². The van der Waals surface area contributed by atoms with Crippen LogP contribution in [-0.4, -0.2) is 27.6 Å². The average molecular weight is 430 g/mol. The van der Waals surface area contributed by atoms with E-state index < -0.39 is 0 Å². The number of thioether (sulfide) groups is 1. The summed E-state index contributed by atoms with van der Waals surface area (Å²) in [5, 5.41) is 11.4. The Bertz CT molecular complexity index is 995. The van der Waals surface area contributed by atoms with Crippen LogP contribution in [0.4, 0.5) is 5.00 Å². The Kier molecular flexibility index (Phi) is 5.89. The van der Waals surface area contributed by atoms with Crippen molar-refractivity contribution in [1.29, 1.82) is 0 Å². The van der Waals surface area contributed by atoms with E-state index in [0.29, 0.717) is 16.1 Å². The lowest BCUT2D eigenvalue weighted by Crippen LogP contribution is -2.16. The van der Waals surface area contributed by atoms with Crippen molar-refractivity contribution in [2.75, 3.05) is 11.1 Å². The number of nitrogens with zero attached hydrogens (tertiary/aromatic N) is 2. The van der Waals surface area contributed by atoms with Gasteiger partial charge in [-0.05, 0) is 38.2 Å². The van der Waals surface area contributed by atoms with Gasteiger partial charge in [0, 0.05) is 10.4 Å². The van der Waals surface area contributed by atoms with Crippen LogP contribution < -0.4 is 5.32 Å². The topological polar surface area (TPSA) is 72.0 Å². The standard InChI is InChI=1S/C20H19N3O2S3/c1-12-6-8-13(9-7-12)18(25)17-14-4-2-3-5-15(14)28-19(17)22-16(24)10-26-20-23-21-11-27-20/h6-9,11H,2-5,10H2,1H3,(H,22,24). The molecule has 1 amide bonds. The predicted molar refractivity (Wildman–Crippen MR) is 115 cm³/mol. The monoisotopic (exact) mass is 429 g/mol. The van der Waals surface area contributed by atoms with Crippen LogP contribution in [0.3, 0.4) is 0 Å². The van der Waals surface area contributed by atoms with Crippen LogP contribution in [0.2, 0.25) is 0 Å². The molecule has 28 heavy (non-hydrogen) atoms. The second kappa shape index (κ2) is 8.55. The Morgan fingerprint density at radius 1 is 1.18 bits per heavy atom. The molecule has 3 aromatic rings. The molecule has 0 spiro atoms. The van der Waals surface area contributed by atoms with E-state index in [9.17, 15) is 9.59 Å². The fourth-order valence-electron chi connectivity index (χ4n) is 3.26. The van der Waals surface area contributed by atoms with Gasteiger partial charge < -0.3 is 5.32 Å². The molecule has 8 heteroatoms. The largest absolute Gasteiger partial charge is 0.316 e. The fourth-order valence-corrected chi connectivity index (χ4v) is 5.85. The Labute approximate surface area is 175 Å². The molecule has 5 nitrogen and oxygen atoms in total. The highest BCUT2D eigenvalue weighted by atomic mass is 32.2. The molecule has 1 N–H and O–H groups in total. The Hall–Kier alpha value is -2.03. The SMILES string of the molecule is Cc1ccc(C(=O)c2c(NC(=O)CSc3nncs3)sc3c2CCCC3)cc1. The third-order valence-electron chi connectivity index (χ3n) is 4.63. The average Bonchev–Trinajstić information content (AvgIpc) is 3.34. The van der Waals surface area contributed by atoms with Crippen molar-refractivity contribution >= 4 is 51.1 Å². The van der Waals surface area contributed by atoms with Crippen LogP contribution in [-0.2, 0) is 17.6 Å². The van der Waals surface area contributed by atoms with E-state index in [0.717, 1.165) is 41.1 Å². The molecular formula is C20H19N3O2S3. The van der Waals surface area contributed by atoms with Gasteiger partial charge in [-0.3, -0.25) is 9.59 Å². The maximum Gasteiger partial charge on any atom is 0.235 e. The molecule has 0 aliphatic heterocycles. The summed E-state index contributed by atoms with van der Waals surface area (Å²) < 4.78 is 0.761. The normalized spacial score (nSPS) is 13.2. The number of aryl methyl sites for hydroxylation is 2. The van der Waals surface area contributed by atoms with Crippen LogP contribution in [0.5, 0.6) is 0 Å². The molecule has 1 aliphatic rings. The third kappa shape index (κ3) is 4.19. The molecule has 144 valence electrons. The van der Waals surface area contributed by atoms with Crippen molar-refractivity contribution in [3.05, 3.63) is 56.9 Å². The second-order valence-electron chi connectivity index (χ2n) is 6.65. The Morgan fingerprint density at radius 2 is 1.96 bits per heavy atom. The number of benzene rings is 1. The first-order valence-electron chi connectivity index (χ1n) is 9.06. The van der Waals surface area contributed by atoms with Gasteiger partial charge in [-0.15, -0.1) is 21.5 Å². The van der Waals surface area contributed by atoms with Gasteiger partial charge in [0.05, 0.1) is 11.3 Å². The lowest BCUT2D eigenvalue weighted by atomic mass is 9.91. The van der Waals surface area contributed by atoms with Gasteiger partial charge in [-0.25, -0.2) is 0 Å². The number of carbonyl (C=O) groups is 2. The highest BCUT2D eigenvalue weighted by Crippen LogP contribution is 2.39. The number of anilines is 1. The Balaban J connectivity index is 1.59. The van der Waals surface area contributed by atoms with Crippen LogP contribution in [0.25, 0.3) is 0 Å². The summed E-state index contributed by atoms with van der Waals surface area (Å²) in [5.74, 6) is 0.110. The quantitative estimate of drug-likeness (QED) is 0.452. The zero-order valence-corrected chi connectivity index (χ0v) is 17.8. The molecule has 0 saturated heterocycles. The van der Waals surface area contributed by atoms with E-state index in [4.69, 9.17) is 0 Å². The van der Waals surface area contributed by atoms with Gasteiger partial charge in [-0.2, -0.15) is 0 Å². The van der Waals surface area contributed by atoms with Crippen molar-refractivity contribution < 1.29 is 9.59 Å². The molecule has 2 heterocycles. The maximum absolute atomic E-state index is 13.3. The summed E-state index contributed by atoms with van der Waals surface area (Å²) in [6.07, 6.45) is 4.09. The van der Waals surface area contributed by atoms with Crippen LogP contribution in [0, 0.1) is 6.92 Å². The highest BCUT2D eigenvalue weighted by molar-refractivity contribution is 8.01. The molecule has 2 aromatic heterocycles. The maximum atomic E-state index is 13.3. The molecule has 0 radical (unpaired) electrons. The van der Waals surface area contributed by atoms with Crippen LogP contribution >= 0.6 is 34.4 Å². The fraction of sp³-hybridized carbons (Fsp3) is 0.300. The van der Waals surface area contributed by atoms with Crippen molar-refractivity contribution in [2.45, 2.75) is 36.9 Å². The molecule has 0 unspecified atom stereocenters. The number of hydrogen-bond acceptors (Lipinski definition) is 7. The minimum atomic E-state index is -0.128. The first kappa shape index (κ1) is 19.3. The summed E-state index contributed by atoms with van der Waals surface area (Å²) in [6, 6.07) is 7.62. The molecule has 0 saturated carbocycles. The molecule has 0 bridgehead atoms. The first-order chi connectivity index (χ1) is 13.6. The summed E-state index contributed by atoms with van der Waals surface area (Å²) >= 11 is 4.32. The van der Waals surface area contributed by atoms with Crippen molar-refractivity contribution in [2.24, 2.45) is 0 Å². The van der Waals surface area contributed by atoms with Gasteiger partial charge >= 0.3 is 0 Å². The number of rotatable bonds is 6. The Morgan fingerprint density at radius 3 is 2.71 bits per heavy atom. The number of ketones is 1. The lowest BCUT2D eigenvalue weighted by molar-refractivity contribution is -0.113. The molecular weight excluding hydrogens is 410 g/mol. The molecule has 1 aromatic carbocycles. The molecule has 0 atom stereocenters. The number of nitrogens with one attached hydrogen (secondary N) is 1. The van der Waals surface area contributed by atoms with Crippen molar-refractivity contribution in [3.8, 4) is 0 Å². The highest BCUT2D eigenvalue weighted by Gasteiger charge is 2.27. The summed E-state index contributed by atoms with van der Waals surface area (Å²) in [5.41, 5.74) is 5.22. The van der Waals surface area contributed by atoms with E-state index in [1.807, 2.05) is 31.2 Å². The molecule has 1 aliphatic carbocycles. The first-order valence-corrected chi connectivity index (χ1v) is 11.7. The van der Waals surface area contributed by atoms with Gasteiger partial charge in [-0.1, -0.05) is 52.9 Å². The van der Waals surface area contributed by atoms with Crippen molar-refractivity contribution in [3.63, 3.8) is 0 Å². The lowest BCUT2D eigenvalue weighted by Gasteiger charge is -2.12. The van der Waals surface area contributed by atoms with Gasteiger partial charge in [0.1, 0.15) is 10.5 Å². The van der Waals surface area contributed by atoms with Gasteiger partial charge in [0.15, 0.2) is 10.1 Å². The van der Waals surface area contributed by atoms with E-state index in [1.54, 1.807) is 16.8 Å². The van der Waals surface area contributed by atoms with E-state index in [-0.39, 0.29) is 17.4 Å². The van der Waals surface area contributed by atoms with Crippen molar-refractivity contribution in [1.82, 2.24) is 10.2 Å². The van der Waals surface area contributed by atoms with E-state index in [1.165, 1.54) is 28.0 Å². The molecule has 4 rings (SSSR count). The predicted octanol–water partition coefficient (Wildman–Crippen LogP) is 4.75. The summed E-state index contributed by atoms with van der Waals surface area (Å²) in [4.78, 5) is 27.0. The second-order valence-corrected chi connectivity index (χ2v) is 9.81. The van der Waals surface area contributed by atoms with Gasteiger partial charge in [0.25, 0.3) is 0 Å². The van der Waals surface area contributed by atoms with E-state index >= 15 is 0 Å². The van der Waals surface area contributed by atoms with Crippen LogP contribution in [0.1, 0.15) is 44.8 Å². The van der Waals surface area contributed by atoms with E-state index in [2.05, 4.69) is 15.5 Å². The minimum absolute atomic E-state index is 0.00789. The number of aromatic nitrogens is 2. The number of fused-ring (bicyclic) bond motifs is 1. The number of hydrogen-bond donors (Lipinski definition) is 1. The van der Waals surface area contributed by atoms with Gasteiger partial charge in [0.2, 0.25) is 5.91 Å². The number of amides is 1. The smallest absolute Gasteiger partial charge is 0.235 e. The minimum Gasteiger partial charge on any atom is -0.316 e. The number of thiophene rings is 1.